The molecule has 36 heavy (non-hydrogen) atoms. The largest absolute Gasteiger partial charge is 0.507 e. The number of nitrogens with one attached hydrogen (secondary N) is 1. The number of benzene rings is 3. The van der Waals surface area contributed by atoms with E-state index in [2.05, 4.69) is 4.98 Å². The Labute approximate surface area is 206 Å². The van der Waals surface area contributed by atoms with E-state index in [0.29, 0.717) is 22.3 Å². The molecule has 1 fully saturated rings. The predicted octanol–water partition coefficient (Wildman–Crippen LogP) is 3.45. The van der Waals surface area contributed by atoms with E-state index in [4.69, 9.17) is 9.88 Å². The topological polar surface area (TPSA) is 143 Å². The SMILES string of the molecule is COc1cccc(C2/C(=C(/O)c3c[nH]c4ccccc34)C(=O)C(=O)N2c2ccc(S(N)(=O)=O)cc2)c1. The minimum atomic E-state index is -3.96. The first-order valence-electron chi connectivity index (χ1n) is 10.8. The number of ether oxygens (including phenoxy) is 1. The second-order valence-electron chi connectivity index (χ2n) is 8.23. The van der Waals surface area contributed by atoms with Gasteiger partial charge in [-0.1, -0.05) is 30.3 Å². The van der Waals surface area contributed by atoms with E-state index < -0.39 is 27.8 Å². The first-order valence-corrected chi connectivity index (χ1v) is 12.4. The number of primary sulfonamides is 1. The van der Waals surface area contributed by atoms with Crippen molar-refractivity contribution in [2.45, 2.75) is 10.9 Å². The minimum absolute atomic E-state index is 0.103. The van der Waals surface area contributed by atoms with Crippen LogP contribution in [0.15, 0.2) is 89.5 Å². The highest BCUT2D eigenvalue weighted by Gasteiger charge is 2.47. The molecule has 9 nitrogen and oxygen atoms in total. The van der Waals surface area contributed by atoms with Gasteiger partial charge in [-0.15, -0.1) is 0 Å². The number of aromatic amines is 1. The molecule has 0 bridgehead atoms. The lowest BCUT2D eigenvalue weighted by Gasteiger charge is -2.25. The predicted molar refractivity (Wildman–Crippen MR) is 134 cm³/mol. The van der Waals surface area contributed by atoms with Gasteiger partial charge in [0.15, 0.2) is 0 Å². The Hall–Kier alpha value is -4.41. The molecule has 4 N–H and O–H groups in total. The number of anilines is 1. The summed E-state index contributed by atoms with van der Waals surface area (Å²) >= 11 is 0. The number of nitrogens with two attached hydrogens (primary N) is 1. The molecule has 1 saturated heterocycles. The molecule has 1 amide bonds. The van der Waals surface area contributed by atoms with Crippen molar-refractivity contribution in [3.05, 3.63) is 95.7 Å². The fourth-order valence-electron chi connectivity index (χ4n) is 4.43. The quantitative estimate of drug-likeness (QED) is 0.216. The third-order valence-corrected chi connectivity index (χ3v) is 7.07. The summed E-state index contributed by atoms with van der Waals surface area (Å²) in [4.78, 5) is 30.8. The zero-order chi connectivity index (χ0) is 25.6. The van der Waals surface area contributed by atoms with Crippen LogP contribution in [0.2, 0.25) is 0 Å². The standard InChI is InChI=1S/C26H21N3O6S/c1-35-17-6-4-5-15(13-17)23-22(24(30)20-14-28-21-8-3-2-7-19(20)21)25(31)26(32)29(23)16-9-11-18(12-10-16)36(27,33)34/h2-14,23,28,30H,1H3,(H2,27,33,34)/b24-22-. The molecule has 0 spiro atoms. The molecular weight excluding hydrogens is 482 g/mol. The molecule has 1 aliphatic rings. The Morgan fingerprint density at radius 2 is 1.75 bits per heavy atom. The molecule has 3 aromatic carbocycles. The van der Waals surface area contributed by atoms with Crippen LogP contribution >= 0.6 is 0 Å². The van der Waals surface area contributed by atoms with Gasteiger partial charge in [-0.05, 0) is 48.0 Å². The number of rotatable bonds is 5. The molecule has 5 rings (SSSR count). The van der Waals surface area contributed by atoms with Gasteiger partial charge in [0.05, 0.1) is 23.6 Å². The minimum Gasteiger partial charge on any atom is -0.507 e. The van der Waals surface area contributed by atoms with Crippen LogP contribution in [-0.2, 0) is 19.6 Å². The van der Waals surface area contributed by atoms with Gasteiger partial charge in [-0.2, -0.15) is 0 Å². The van der Waals surface area contributed by atoms with Crippen LogP contribution in [0, 0.1) is 0 Å². The second kappa shape index (κ2) is 8.67. The second-order valence-corrected chi connectivity index (χ2v) is 9.79. The summed E-state index contributed by atoms with van der Waals surface area (Å²) in [6.07, 6.45) is 1.58. The Morgan fingerprint density at radius 1 is 1.03 bits per heavy atom. The molecule has 10 heteroatoms. The van der Waals surface area contributed by atoms with Crippen LogP contribution in [-0.4, -0.2) is 37.3 Å². The van der Waals surface area contributed by atoms with E-state index in [1.54, 1.807) is 42.6 Å². The summed E-state index contributed by atoms with van der Waals surface area (Å²) in [5.74, 6) is -1.58. The van der Waals surface area contributed by atoms with Crippen LogP contribution in [0.5, 0.6) is 5.75 Å². The van der Waals surface area contributed by atoms with Gasteiger partial charge in [-0.3, -0.25) is 14.5 Å². The third kappa shape index (κ3) is 3.82. The van der Waals surface area contributed by atoms with Crippen molar-refractivity contribution in [1.82, 2.24) is 4.98 Å². The van der Waals surface area contributed by atoms with Crippen molar-refractivity contribution in [2.24, 2.45) is 5.14 Å². The molecule has 0 saturated carbocycles. The number of aliphatic hydroxyl groups excluding tert-OH is 1. The fraction of sp³-hybridized carbons (Fsp3) is 0.0769. The van der Waals surface area contributed by atoms with E-state index in [1.807, 2.05) is 12.1 Å². The van der Waals surface area contributed by atoms with Gasteiger partial charge < -0.3 is 14.8 Å². The van der Waals surface area contributed by atoms with Crippen LogP contribution < -0.4 is 14.8 Å². The lowest BCUT2D eigenvalue weighted by molar-refractivity contribution is -0.132. The maximum Gasteiger partial charge on any atom is 0.300 e. The van der Waals surface area contributed by atoms with Crippen LogP contribution in [0.3, 0.4) is 0 Å². The Bertz CT molecular complexity index is 1650. The lowest BCUT2D eigenvalue weighted by Crippen LogP contribution is -2.29. The average Bonchev–Trinajstić information content (AvgIpc) is 3.42. The van der Waals surface area contributed by atoms with Gasteiger partial charge in [0.25, 0.3) is 11.7 Å². The number of aromatic nitrogens is 1. The van der Waals surface area contributed by atoms with Crippen molar-refractivity contribution in [1.29, 1.82) is 0 Å². The van der Waals surface area contributed by atoms with Crippen molar-refractivity contribution < 1.29 is 27.9 Å². The van der Waals surface area contributed by atoms with Gasteiger partial charge >= 0.3 is 0 Å². The summed E-state index contributed by atoms with van der Waals surface area (Å²) in [7, 11) is -2.46. The molecule has 0 radical (unpaired) electrons. The van der Waals surface area contributed by atoms with E-state index in [-0.39, 0.29) is 21.9 Å². The van der Waals surface area contributed by atoms with E-state index in [0.717, 1.165) is 5.52 Å². The summed E-state index contributed by atoms with van der Waals surface area (Å²) in [5, 5.41) is 17.3. The number of methoxy groups -OCH3 is 1. The monoisotopic (exact) mass is 503 g/mol. The molecule has 2 heterocycles. The number of carbonyl (C=O) groups is 2. The van der Waals surface area contributed by atoms with E-state index in [9.17, 15) is 23.1 Å². The number of sulfonamides is 1. The molecular formula is C26H21N3O6S. The van der Waals surface area contributed by atoms with E-state index in [1.165, 1.54) is 36.3 Å². The van der Waals surface area contributed by atoms with Crippen LogP contribution in [0.1, 0.15) is 17.2 Å². The number of hydrogen-bond donors (Lipinski definition) is 3. The Morgan fingerprint density at radius 3 is 2.44 bits per heavy atom. The van der Waals surface area contributed by atoms with E-state index >= 15 is 0 Å². The highest BCUT2D eigenvalue weighted by molar-refractivity contribution is 7.89. The number of carbonyl (C=O) groups excluding carboxylic acids is 2. The molecule has 1 aromatic heterocycles. The zero-order valence-corrected chi connectivity index (χ0v) is 19.8. The molecule has 1 unspecified atom stereocenters. The number of ketones is 1. The highest BCUT2D eigenvalue weighted by Crippen LogP contribution is 2.43. The Balaban J connectivity index is 1.74. The molecule has 1 aliphatic heterocycles. The normalized spacial score (nSPS) is 17.6. The third-order valence-electron chi connectivity index (χ3n) is 6.14. The molecule has 4 aromatic rings. The van der Waals surface area contributed by atoms with Gasteiger partial charge in [0.1, 0.15) is 11.5 Å². The first kappa shape index (κ1) is 23.3. The van der Waals surface area contributed by atoms with Crippen molar-refractivity contribution in [3.63, 3.8) is 0 Å². The highest BCUT2D eigenvalue weighted by atomic mass is 32.2. The van der Waals surface area contributed by atoms with Crippen LogP contribution in [0.25, 0.3) is 16.7 Å². The fourth-order valence-corrected chi connectivity index (χ4v) is 4.95. The van der Waals surface area contributed by atoms with Crippen molar-refractivity contribution >= 4 is 44.1 Å². The smallest absolute Gasteiger partial charge is 0.300 e. The average molecular weight is 504 g/mol. The number of para-hydroxylation sites is 1. The first-order chi connectivity index (χ1) is 17.2. The van der Waals surface area contributed by atoms with Crippen LogP contribution in [0.4, 0.5) is 5.69 Å². The summed E-state index contributed by atoms with van der Waals surface area (Å²) in [6.45, 7) is 0. The number of amides is 1. The molecule has 0 aliphatic carbocycles. The lowest BCUT2D eigenvalue weighted by atomic mass is 9.95. The summed E-state index contributed by atoms with van der Waals surface area (Å²) in [6, 6.07) is 18.4. The van der Waals surface area contributed by atoms with Crippen molar-refractivity contribution in [3.8, 4) is 5.75 Å². The summed E-state index contributed by atoms with van der Waals surface area (Å²) < 4.78 is 28.7. The Kier molecular flexibility index (Phi) is 5.62. The van der Waals surface area contributed by atoms with Gasteiger partial charge in [0.2, 0.25) is 10.0 Å². The molecule has 1 atom stereocenters. The number of nitrogens with zero attached hydrogens (tertiary/aromatic N) is 1. The van der Waals surface area contributed by atoms with Crippen molar-refractivity contribution in [2.75, 3.05) is 12.0 Å². The van der Waals surface area contributed by atoms with Gasteiger partial charge in [0, 0.05) is 28.4 Å². The molecule has 182 valence electrons. The van der Waals surface area contributed by atoms with Gasteiger partial charge in [-0.25, -0.2) is 13.6 Å². The zero-order valence-electron chi connectivity index (χ0n) is 19.0. The maximum atomic E-state index is 13.4. The number of hydrogen-bond acceptors (Lipinski definition) is 6. The number of aliphatic hydroxyl groups is 1. The number of Topliss-reactive ketones (excluding diaryl/α,β-unsaturated/α-hetero) is 1. The summed E-state index contributed by atoms with van der Waals surface area (Å²) in [5.41, 5.74) is 1.81. The number of H-pyrrole nitrogens is 1. The maximum absolute atomic E-state index is 13.4. The number of fused-ring (bicyclic) bond motifs is 1.